The van der Waals surface area contributed by atoms with Gasteiger partial charge in [0.25, 0.3) is 0 Å². The smallest absolute Gasteiger partial charge is 0.191 e. The van der Waals surface area contributed by atoms with Crippen molar-refractivity contribution in [3.63, 3.8) is 0 Å². The van der Waals surface area contributed by atoms with E-state index in [1.807, 2.05) is 17.8 Å². The maximum Gasteiger partial charge on any atom is 0.191 e. The van der Waals surface area contributed by atoms with E-state index in [1.54, 1.807) is 0 Å². The third-order valence-corrected chi connectivity index (χ3v) is 5.92. The third-order valence-electron chi connectivity index (χ3n) is 5.92. The summed E-state index contributed by atoms with van der Waals surface area (Å²) in [5, 5.41) is 21.8. The van der Waals surface area contributed by atoms with Crippen LogP contribution in [0.4, 0.5) is 0 Å². The predicted octanol–water partition coefficient (Wildman–Crippen LogP) is 3.93. The Bertz CT molecular complexity index is 890. The fourth-order valence-electron chi connectivity index (χ4n) is 4.25. The highest BCUT2D eigenvalue weighted by molar-refractivity contribution is 14.0. The Labute approximate surface area is 197 Å². The van der Waals surface area contributed by atoms with Crippen LogP contribution in [0.15, 0.2) is 17.1 Å². The van der Waals surface area contributed by atoms with Crippen LogP contribution < -0.4 is 10.6 Å². The molecule has 0 fully saturated rings. The molecule has 0 aliphatic heterocycles. The minimum absolute atomic E-state index is 0. The molecule has 0 saturated heterocycles. The predicted molar refractivity (Wildman–Crippen MR) is 134 cm³/mol. The van der Waals surface area contributed by atoms with Gasteiger partial charge in [0.05, 0.1) is 12.2 Å². The number of aryl methyl sites for hydroxylation is 3. The number of hydrogen-bond acceptors (Lipinski definition) is 3. The summed E-state index contributed by atoms with van der Waals surface area (Å²) in [6, 6.07) is 4.11. The minimum Gasteiger partial charge on any atom is -0.508 e. The van der Waals surface area contributed by atoms with Gasteiger partial charge in [-0.3, -0.25) is 4.68 Å². The lowest BCUT2D eigenvalue weighted by Gasteiger charge is -2.21. The van der Waals surface area contributed by atoms with Gasteiger partial charge in [0.15, 0.2) is 5.96 Å². The van der Waals surface area contributed by atoms with Crippen LogP contribution in [-0.2, 0) is 32.9 Å². The summed E-state index contributed by atoms with van der Waals surface area (Å²) in [6.45, 7) is 9.70. The van der Waals surface area contributed by atoms with Crippen molar-refractivity contribution in [1.82, 2.24) is 20.4 Å². The Morgan fingerprint density at radius 3 is 2.63 bits per heavy atom. The molecule has 1 aliphatic carbocycles. The van der Waals surface area contributed by atoms with Gasteiger partial charge in [0.2, 0.25) is 0 Å². The van der Waals surface area contributed by atoms with E-state index in [2.05, 4.69) is 49.5 Å². The minimum atomic E-state index is 0. The van der Waals surface area contributed by atoms with Crippen LogP contribution in [0.1, 0.15) is 60.3 Å². The SMILES string of the molecule is CCNC(=NCc1c(O)ccc2c1CCCC2)NC(C)Cc1c(C)nn(C)c1C.I. The second-order valence-corrected chi connectivity index (χ2v) is 8.13. The maximum atomic E-state index is 10.4. The summed E-state index contributed by atoms with van der Waals surface area (Å²) in [6.07, 6.45) is 5.45. The number of nitrogens with zero attached hydrogens (tertiary/aromatic N) is 3. The first kappa shape index (κ1) is 24.5. The number of fused-ring (bicyclic) bond motifs is 1. The molecule has 1 atom stereocenters. The molecule has 166 valence electrons. The molecule has 2 aromatic rings. The number of rotatable bonds is 6. The van der Waals surface area contributed by atoms with Gasteiger partial charge in [0.1, 0.15) is 5.75 Å². The molecule has 7 heteroatoms. The van der Waals surface area contributed by atoms with E-state index < -0.39 is 0 Å². The van der Waals surface area contributed by atoms with Crippen LogP contribution in [-0.4, -0.2) is 33.4 Å². The van der Waals surface area contributed by atoms with Crippen LogP contribution in [0.5, 0.6) is 5.75 Å². The molecule has 3 N–H and O–H groups in total. The topological polar surface area (TPSA) is 74.5 Å². The van der Waals surface area contributed by atoms with E-state index in [9.17, 15) is 5.11 Å². The lowest BCUT2D eigenvalue weighted by Crippen LogP contribution is -2.43. The van der Waals surface area contributed by atoms with Crippen molar-refractivity contribution >= 4 is 29.9 Å². The van der Waals surface area contributed by atoms with Gasteiger partial charge in [0, 0.05) is 30.9 Å². The number of phenolic OH excluding ortho intramolecular Hbond substituents is 1. The second kappa shape index (κ2) is 11.0. The normalized spacial score (nSPS) is 14.6. The summed E-state index contributed by atoms with van der Waals surface area (Å²) in [5.74, 6) is 1.15. The van der Waals surface area contributed by atoms with E-state index in [0.29, 0.717) is 12.3 Å². The third kappa shape index (κ3) is 5.68. The lowest BCUT2D eigenvalue weighted by atomic mass is 9.88. The Balaban J connectivity index is 0.00000320. The Morgan fingerprint density at radius 1 is 1.23 bits per heavy atom. The number of hydrogen-bond donors (Lipinski definition) is 3. The van der Waals surface area contributed by atoms with E-state index >= 15 is 0 Å². The Hall–Kier alpha value is -1.77. The Kier molecular flexibility index (Phi) is 9.00. The number of guanidine groups is 1. The zero-order chi connectivity index (χ0) is 21.0. The molecule has 0 bridgehead atoms. The van der Waals surface area contributed by atoms with E-state index in [0.717, 1.165) is 43.0 Å². The number of aromatic nitrogens is 2. The quantitative estimate of drug-likeness (QED) is 0.304. The molecule has 30 heavy (non-hydrogen) atoms. The van der Waals surface area contributed by atoms with Gasteiger partial charge < -0.3 is 15.7 Å². The molecular formula is C23H36IN5O. The van der Waals surface area contributed by atoms with E-state index in [4.69, 9.17) is 4.99 Å². The summed E-state index contributed by atoms with van der Waals surface area (Å²) >= 11 is 0. The lowest BCUT2D eigenvalue weighted by molar-refractivity contribution is 0.465. The monoisotopic (exact) mass is 525 g/mol. The highest BCUT2D eigenvalue weighted by Gasteiger charge is 2.17. The molecule has 0 saturated carbocycles. The average Bonchev–Trinajstić information content (AvgIpc) is 2.93. The number of benzene rings is 1. The van der Waals surface area contributed by atoms with Crippen LogP contribution in [0.25, 0.3) is 0 Å². The molecule has 0 amide bonds. The first-order valence-corrected chi connectivity index (χ1v) is 10.8. The first-order chi connectivity index (χ1) is 13.9. The molecule has 1 aromatic carbocycles. The van der Waals surface area contributed by atoms with Crippen LogP contribution in [0.3, 0.4) is 0 Å². The van der Waals surface area contributed by atoms with Crippen LogP contribution in [0, 0.1) is 13.8 Å². The fraction of sp³-hybridized carbons (Fsp3) is 0.565. The van der Waals surface area contributed by atoms with Gasteiger partial charge in [-0.2, -0.15) is 5.10 Å². The molecule has 1 unspecified atom stereocenters. The fourth-order valence-corrected chi connectivity index (χ4v) is 4.25. The van der Waals surface area contributed by atoms with Crippen molar-refractivity contribution in [3.05, 3.63) is 45.8 Å². The number of halogens is 1. The van der Waals surface area contributed by atoms with Crippen molar-refractivity contribution in [3.8, 4) is 5.75 Å². The molecule has 3 rings (SSSR count). The molecule has 1 aliphatic rings. The van der Waals surface area contributed by atoms with Gasteiger partial charge in [-0.05, 0) is 82.6 Å². The molecule has 6 nitrogen and oxygen atoms in total. The number of aromatic hydroxyl groups is 1. The van der Waals surface area contributed by atoms with Crippen LogP contribution in [0.2, 0.25) is 0 Å². The van der Waals surface area contributed by atoms with Crippen molar-refractivity contribution in [2.24, 2.45) is 12.0 Å². The molecule has 1 aromatic heterocycles. The zero-order valence-corrected chi connectivity index (χ0v) is 21.2. The highest BCUT2D eigenvalue weighted by atomic mass is 127. The molecule has 0 radical (unpaired) electrons. The standard InChI is InChI=1S/C23H35N5O.HI/c1-6-24-23(26-15(2)13-20-16(3)27-28(5)17(20)4)25-14-21-19-10-8-7-9-18(19)11-12-22(21)29;/h11-12,15,29H,6-10,13-14H2,1-5H3,(H2,24,25,26);1H. The maximum absolute atomic E-state index is 10.4. The van der Waals surface area contributed by atoms with Gasteiger partial charge in [-0.25, -0.2) is 4.99 Å². The highest BCUT2D eigenvalue weighted by Crippen LogP contribution is 2.31. The van der Waals surface area contributed by atoms with Crippen LogP contribution >= 0.6 is 24.0 Å². The second-order valence-electron chi connectivity index (χ2n) is 8.13. The Morgan fingerprint density at radius 2 is 1.97 bits per heavy atom. The van der Waals surface area contributed by atoms with Crippen molar-refractivity contribution < 1.29 is 5.11 Å². The number of aliphatic imine (C=N–C) groups is 1. The summed E-state index contributed by atoms with van der Waals surface area (Å²) in [4.78, 5) is 4.80. The van der Waals surface area contributed by atoms with Gasteiger partial charge in [-0.1, -0.05) is 6.07 Å². The molecule has 0 spiro atoms. The number of phenols is 1. The zero-order valence-electron chi connectivity index (χ0n) is 18.9. The van der Waals surface area contributed by atoms with Crippen molar-refractivity contribution in [2.75, 3.05) is 6.54 Å². The molecular weight excluding hydrogens is 489 g/mol. The van der Waals surface area contributed by atoms with Gasteiger partial charge >= 0.3 is 0 Å². The summed E-state index contributed by atoms with van der Waals surface area (Å²) < 4.78 is 1.94. The number of nitrogens with one attached hydrogen (secondary N) is 2. The van der Waals surface area contributed by atoms with E-state index in [1.165, 1.54) is 35.2 Å². The van der Waals surface area contributed by atoms with Gasteiger partial charge in [-0.15, -0.1) is 24.0 Å². The summed E-state index contributed by atoms with van der Waals surface area (Å²) in [7, 11) is 1.99. The largest absolute Gasteiger partial charge is 0.508 e. The van der Waals surface area contributed by atoms with Crippen molar-refractivity contribution in [2.45, 2.75) is 72.4 Å². The summed E-state index contributed by atoms with van der Waals surface area (Å²) in [5.41, 5.74) is 7.23. The molecule has 1 heterocycles. The van der Waals surface area contributed by atoms with Crippen molar-refractivity contribution in [1.29, 1.82) is 0 Å². The first-order valence-electron chi connectivity index (χ1n) is 10.8. The average molecular weight is 525 g/mol. The van der Waals surface area contributed by atoms with E-state index in [-0.39, 0.29) is 30.0 Å².